The fourth-order valence-electron chi connectivity index (χ4n) is 2.20. The summed E-state index contributed by atoms with van der Waals surface area (Å²) in [6.07, 6.45) is -3.78. The van der Waals surface area contributed by atoms with Crippen LogP contribution in [-0.2, 0) is 16.0 Å². The Morgan fingerprint density at radius 2 is 2.15 bits per heavy atom. The topological polar surface area (TPSA) is 55.6 Å². The number of nitrogens with zero attached hydrogens (tertiary/aromatic N) is 1. The van der Waals surface area contributed by atoms with Crippen LogP contribution in [0.5, 0.6) is 0 Å². The Morgan fingerprint density at radius 3 is 2.85 bits per heavy atom. The van der Waals surface area contributed by atoms with Crippen LogP contribution in [-0.4, -0.2) is 31.8 Å². The fourth-order valence-corrected chi connectivity index (χ4v) is 2.20. The second-order valence-electron chi connectivity index (χ2n) is 4.56. The van der Waals surface area contributed by atoms with Crippen LogP contribution in [0.2, 0.25) is 0 Å². The zero-order valence-electron chi connectivity index (χ0n) is 10.7. The predicted molar refractivity (Wildman–Crippen MR) is 68.4 cm³/mol. The summed E-state index contributed by atoms with van der Waals surface area (Å²) in [6, 6.07) is 5.30. The van der Waals surface area contributed by atoms with Crippen molar-refractivity contribution < 1.29 is 22.7 Å². The first-order valence-corrected chi connectivity index (χ1v) is 6.21. The Kier molecular flexibility index (Phi) is 4.17. The van der Waals surface area contributed by atoms with Crippen LogP contribution in [0.4, 0.5) is 24.5 Å². The molecule has 1 aromatic rings. The molecule has 1 aliphatic rings. The molecule has 2 N–H and O–H groups in total. The van der Waals surface area contributed by atoms with E-state index in [4.69, 9.17) is 5.73 Å². The van der Waals surface area contributed by atoms with Gasteiger partial charge in [-0.1, -0.05) is 6.07 Å². The lowest BCUT2D eigenvalue weighted by atomic mass is 10.1. The smallest absolute Gasteiger partial charge is 0.398 e. The van der Waals surface area contributed by atoms with E-state index in [2.05, 4.69) is 4.74 Å². The Balaban J connectivity index is 1.88. The monoisotopic (exact) mass is 288 g/mol. The number of carbonyl (C=O) groups excluding carboxylic acids is 1. The molecule has 4 nitrogen and oxygen atoms in total. The van der Waals surface area contributed by atoms with Gasteiger partial charge in [0, 0.05) is 23.5 Å². The number of amides is 1. The number of benzene rings is 1. The van der Waals surface area contributed by atoms with E-state index in [1.54, 1.807) is 23.1 Å². The quantitative estimate of drug-likeness (QED) is 0.682. The number of halogens is 3. The highest BCUT2D eigenvalue weighted by atomic mass is 19.4. The van der Waals surface area contributed by atoms with Gasteiger partial charge in [0.05, 0.1) is 13.0 Å². The van der Waals surface area contributed by atoms with E-state index in [1.165, 1.54) is 0 Å². The predicted octanol–water partition coefficient (Wildman–Crippen LogP) is 2.13. The van der Waals surface area contributed by atoms with E-state index in [0.717, 1.165) is 11.3 Å². The molecule has 0 atom stereocenters. The molecule has 1 amide bonds. The van der Waals surface area contributed by atoms with E-state index in [-0.39, 0.29) is 18.9 Å². The summed E-state index contributed by atoms with van der Waals surface area (Å²) in [5.74, 6) is -0.253. The molecule has 0 aliphatic carbocycles. The number of carbonyl (C=O) groups is 1. The van der Waals surface area contributed by atoms with Crippen LogP contribution in [0.1, 0.15) is 12.0 Å². The van der Waals surface area contributed by atoms with Gasteiger partial charge < -0.3 is 15.4 Å². The van der Waals surface area contributed by atoms with Crippen molar-refractivity contribution in [2.75, 3.05) is 30.4 Å². The zero-order chi connectivity index (χ0) is 14.8. The first-order valence-electron chi connectivity index (χ1n) is 6.21. The van der Waals surface area contributed by atoms with Gasteiger partial charge in [-0.2, -0.15) is 13.2 Å². The number of hydrogen-bond acceptors (Lipinski definition) is 3. The molecule has 0 aromatic heterocycles. The summed E-state index contributed by atoms with van der Waals surface area (Å²) in [7, 11) is 0. The zero-order valence-corrected chi connectivity index (χ0v) is 10.7. The van der Waals surface area contributed by atoms with Gasteiger partial charge in [0.15, 0.2) is 0 Å². The molecular formula is C13H15F3N2O2. The molecule has 0 bridgehead atoms. The highest BCUT2D eigenvalue weighted by Crippen LogP contribution is 2.32. The normalized spacial score (nSPS) is 14.4. The minimum absolute atomic E-state index is 0.0790. The minimum atomic E-state index is -4.36. The van der Waals surface area contributed by atoms with E-state index < -0.39 is 12.8 Å². The number of anilines is 2. The van der Waals surface area contributed by atoms with Gasteiger partial charge in [-0.15, -0.1) is 0 Å². The number of hydrogen-bond donors (Lipinski definition) is 1. The van der Waals surface area contributed by atoms with Crippen molar-refractivity contribution in [1.82, 2.24) is 0 Å². The fraction of sp³-hybridized carbons (Fsp3) is 0.462. The van der Waals surface area contributed by atoms with Crippen molar-refractivity contribution in [3.8, 4) is 0 Å². The van der Waals surface area contributed by atoms with Gasteiger partial charge >= 0.3 is 6.18 Å². The number of nitrogens with two attached hydrogens (primary N) is 1. The molecule has 1 heterocycles. The highest BCUT2D eigenvalue weighted by Gasteiger charge is 2.28. The lowest BCUT2D eigenvalue weighted by Gasteiger charge is -2.17. The van der Waals surface area contributed by atoms with E-state index in [0.29, 0.717) is 18.7 Å². The summed E-state index contributed by atoms with van der Waals surface area (Å²) in [5, 5.41) is 0. The largest absolute Gasteiger partial charge is 0.411 e. The van der Waals surface area contributed by atoms with Crippen molar-refractivity contribution in [2.24, 2.45) is 0 Å². The average Bonchev–Trinajstić information content (AvgIpc) is 2.78. The molecular weight excluding hydrogens is 273 g/mol. The third kappa shape index (κ3) is 3.41. The standard InChI is InChI=1S/C13H15F3N2O2/c14-13(15,16)8-20-7-5-12(19)18-6-4-9-10(17)2-1-3-11(9)18/h1-3H,4-8,17H2. The second kappa shape index (κ2) is 5.70. The first-order chi connectivity index (χ1) is 9.38. The first kappa shape index (κ1) is 14.6. The molecule has 0 fully saturated rings. The molecule has 0 unspecified atom stereocenters. The summed E-state index contributed by atoms with van der Waals surface area (Å²) in [6.45, 7) is -1.07. The van der Waals surface area contributed by atoms with Crippen LogP contribution in [0.15, 0.2) is 18.2 Å². The van der Waals surface area contributed by atoms with Gasteiger partial charge in [-0.05, 0) is 18.6 Å². The van der Waals surface area contributed by atoms with Crippen LogP contribution in [0.25, 0.3) is 0 Å². The van der Waals surface area contributed by atoms with E-state index in [1.807, 2.05) is 0 Å². The van der Waals surface area contributed by atoms with Crippen molar-refractivity contribution in [1.29, 1.82) is 0 Å². The molecule has 110 valence electrons. The second-order valence-corrected chi connectivity index (χ2v) is 4.56. The number of ether oxygens (including phenoxy) is 1. The Morgan fingerprint density at radius 1 is 1.40 bits per heavy atom. The van der Waals surface area contributed by atoms with Crippen molar-refractivity contribution in [2.45, 2.75) is 19.0 Å². The molecule has 0 spiro atoms. The third-order valence-corrected chi connectivity index (χ3v) is 3.09. The van der Waals surface area contributed by atoms with Gasteiger partial charge in [-0.3, -0.25) is 4.79 Å². The number of alkyl halides is 3. The van der Waals surface area contributed by atoms with Crippen LogP contribution in [0.3, 0.4) is 0 Å². The Hall–Kier alpha value is -1.76. The molecule has 7 heteroatoms. The summed E-state index contributed by atoms with van der Waals surface area (Å²) >= 11 is 0. The summed E-state index contributed by atoms with van der Waals surface area (Å²) in [4.78, 5) is 13.5. The van der Waals surface area contributed by atoms with Gasteiger partial charge in [-0.25, -0.2) is 0 Å². The van der Waals surface area contributed by atoms with Crippen LogP contribution < -0.4 is 10.6 Å². The Labute approximate surface area is 114 Å². The lowest BCUT2D eigenvalue weighted by molar-refractivity contribution is -0.174. The van der Waals surface area contributed by atoms with Crippen molar-refractivity contribution >= 4 is 17.3 Å². The lowest BCUT2D eigenvalue weighted by Crippen LogP contribution is -2.30. The maximum absolute atomic E-state index is 12.0. The Bertz CT molecular complexity index is 503. The maximum atomic E-state index is 12.0. The molecule has 20 heavy (non-hydrogen) atoms. The van der Waals surface area contributed by atoms with Crippen molar-refractivity contribution in [3.63, 3.8) is 0 Å². The number of fused-ring (bicyclic) bond motifs is 1. The van der Waals surface area contributed by atoms with Crippen LogP contribution >= 0.6 is 0 Å². The van der Waals surface area contributed by atoms with Gasteiger partial charge in [0.1, 0.15) is 6.61 Å². The average molecular weight is 288 g/mol. The minimum Gasteiger partial charge on any atom is -0.398 e. The molecule has 0 saturated carbocycles. The third-order valence-electron chi connectivity index (χ3n) is 3.09. The summed E-state index contributed by atoms with van der Waals surface area (Å²) in [5.41, 5.74) is 8.10. The molecule has 2 rings (SSSR count). The SMILES string of the molecule is Nc1cccc2c1CCN2C(=O)CCOCC(F)(F)F. The maximum Gasteiger partial charge on any atom is 0.411 e. The van der Waals surface area contributed by atoms with E-state index >= 15 is 0 Å². The van der Waals surface area contributed by atoms with Gasteiger partial charge in [0.2, 0.25) is 5.91 Å². The molecule has 1 aliphatic heterocycles. The number of rotatable bonds is 4. The summed E-state index contributed by atoms with van der Waals surface area (Å²) < 4.78 is 40.1. The van der Waals surface area contributed by atoms with Crippen LogP contribution in [0, 0.1) is 0 Å². The van der Waals surface area contributed by atoms with E-state index in [9.17, 15) is 18.0 Å². The molecule has 0 saturated heterocycles. The number of nitrogen functional groups attached to an aromatic ring is 1. The van der Waals surface area contributed by atoms with Gasteiger partial charge in [0.25, 0.3) is 0 Å². The molecule has 1 aromatic carbocycles. The van der Waals surface area contributed by atoms with Crippen molar-refractivity contribution in [3.05, 3.63) is 23.8 Å². The molecule has 0 radical (unpaired) electrons. The highest BCUT2D eigenvalue weighted by molar-refractivity contribution is 5.96.